The van der Waals surface area contributed by atoms with E-state index in [0.717, 1.165) is 0 Å². The topological polar surface area (TPSA) is 38.7 Å². The summed E-state index contributed by atoms with van der Waals surface area (Å²) in [7, 11) is 0. The molecule has 1 aromatic rings. The molecule has 0 fully saturated rings. The van der Waals surface area contributed by atoms with Gasteiger partial charge in [-0.25, -0.2) is 0 Å². The van der Waals surface area contributed by atoms with Gasteiger partial charge < -0.3 is 14.6 Å². The van der Waals surface area contributed by atoms with Crippen molar-refractivity contribution in [2.75, 3.05) is 6.61 Å². The molecule has 1 aliphatic heterocycles. The van der Waals surface area contributed by atoms with Crippen LogP contribution in [-0.4, -0.2) is 22.3 Å². The molecule has 0 saturated heterocycles. The number of hydrogen-bond donors (Lipinski definition) is 1. The van der Waals surface area contributed by atoms with Gasteiger partial charge in [-0.3, -0.25) is 0 Å². The zero-order chi connectivity index (χ0) is 10.2. The van der Waals surface area contributed by atoms with Crippen molar-refractivity contribution in [3.05, 3.63) is 24.3 Å². The third-order valence-electron chi connectivity index (χ3n) is 1.90. The lowest BCUT2D eigenvalue weighted by atomic mass is 10.2. The van der Waals surface area contributed by atoms with Gasteiger partial charge in [-0.15, -0.1) is 0 Å². The van der Waals surface area contributed by atoms with Crippen LogP contribution in [-0.2, 0) is 0 Å². The lowest BCUT2D eigenvalue weighted by molar-refractivity contribution is 0.00688. The number of para-hydroxylation sites is 2. The minimum atomic E-state index is -1.94. The Morgan fingerprint density at radius 2 is 1.93 bits per heavy atom. The van der Waals surface area contributed by atoms with Crippen LogP contribution in [0.2, 0.25) is 0 Å². The lowest BCUT2D eigenvalue weighted by Crippen LogP contribution is -2.43. The summed E-state index contributed by atoms with van der Waals surface area (Å²) in [5, 5.41) is 9.29. The molecule has 0 aromatic heterocycles. The van der Waals surface area contributed by atoms with Gasteiger partial charge in [0.05, 0.1) is 0 Å². The van der Waals surface area contributed by atoms with E-state index >= 15 is 0 Å². The van der Waals surface area contributed by atoms with Crippen LogP contribution in [0.1, 0.15) is 0 Å². The number of aliphatic hydroxyl groups is 1. The van der Waals surface area contributed by atoms with E-state index in [2.05, 4.69) is 0 Å². The third-order valence-corrected chi connectivity index (χ3v) is 2.38. The van der Waals surface area contributed by atoms with Crippen molar-refractivity contribution in [1.82, 2.24) is 0 Å². The Kier molecular flexibility index (Phi) is 2.47. The van der Waals surface area contributed by atoms with Crippen molar-refractivity contribution in [2.45, 2.75) is 10.6 Å². The van der Waals surface area contributed by atoms with Gasteiger partial charge in [0.25, 0.3) is 4.52 Å². The van der Waals surface area contributed by atoms with Crippen molar-refractivity contribution in [3.63, 3.8) is 0 Å². The largest absolute Gasteiger partial charge is 0.486 e. The number of halogens is 2. The number of rotatable bonds is 1. The first-order chi connectivity index (χ1) is 6.57. The Morgan fingerprint density at radius 3 is 2.57 bits per heavy atom. The van der Waals surface area contributed by atoms with Crippen LogP contribution in [0, 0.1) is 0 Å². The van der Waals surface area contributed by atoms with Crippen LogP contribution in [0.25, 0.3) is 0 Å². The molecule has 5 heteroatoms. The molecule has 1 unspecified atom stereocenters. The second-order valence-corrected chi connectivity index (χ2v) is 4.30. The quantitative estimate of drug-likeness (QED) is 0.756. The van der Waals surface area contributed by atoms with E-state index in [4.69, 9.17) is 32.7 Å². The molecule has 14 heavy (non-hydrogen) atoms. The SMILES string of the molecule is OC(Cl)(Cl)C1COc2ccccc2O1. The Morgan fingerprint density at radius 1 is 1.29 bits per heavy atom. The van der Waals surface area contributed by atoms with Crippen LogP contribution >= 0.6 is 23.2 Å². The third kappa shape index (κ3) is 1.90. The normalized spacial score (nSPS) is 20.6. The van der Waals surface area contributed by atoms with Crippen molar-refractivity contribution >= 4 is 23.2 Å². The van der Waals surface area contributed by atoms with E-state index in [1.807, 2.05) is 6.07 Å². The molecule has 1 N–H and O–H groups in total. The molecule has 2 rings (SSSR count). The zero-order valence-corrected chi connectivity index (χ0v) is 8.63. The van der Waals surface area contributed by atoms with Gasteiger partial charge in [-0.1, -0.05) is 35.3 Å². The molecular formula is C9H8Cl2O3. The summed E-state index contributed by atoms with van der Waals surface area (Å²) in [6, 6.07) is 7.12. The number of hydrogen-bond acceptors (Lipinski definition) is 3. The molecule has 1 aliphatic rings. The number of ether oxygens (including phenoxy) is 2. The molecule has 0 amide bonds. The number of fused-ring (bicyclic) bond motifs is 1. The average molecular weight is 235 g/mol. The number of alkyl halides is 2. The molecule has 0 bridgehead atoms. The summed E-state index contributed by atoms with van der Waals surface area (Å²) in [6.45, 7) is 0.126. The van der Waals surface area contributed by atoms with Gasteiger partial charge in [-0.05, 0) is 12.1 Å². The highest BCUT2D eigenvalue weighted by molar-refractivity contribution is 6.47. The van der Waals surface area contributed by atoms with Crippen LogP contribution < -0.4 is 9.47 Å². The molecule has 1 atom stereocenters. The maximum Gasteiger partial charge on any atom is 0.256 e. The van der Waals surface area contributed by atoms with Gasteiger partial charge in [0.1, 0.15) is 6.61 Å². The molecule has 0 radical (unpaired) electrons. The predicted molar refractivity (Wildman–Crippen MR) is 53.0 cm³/mol. The van der Waals surface area contributed by atoms with Gasteiger partial charge in [-0.2, -0.15) is 0 Å². The molecule has 0 aliphatic carbocycles. The monoisotopic (exact) mass is 234 g/mol. The van der Waals surface area contributed by atoms with Gasteiger partial charge in [0.2, 0.25) is 0 Å². The van der Waals surface area contributed by atoms with E-state index in [1.54, 1.807) is 18.2 Å². The number of benzene rings is 1. The Balaban J connectivity index is 2.22. The fourth-order valence-corrected chi connectivity index (χ4v) is 1.41. The minimum Gasteiger partial charge on any atom is -0.486 e. The first kappa shape index (κ1) is 9.90. The van der Waals surface area contributed by atoms with Crippen LogP contribution in [0.15, 0.2) is 24.3 Å². The predicted octanol–water partition coefficient (Wildman–Crippen LogP) is 1.95. The summed E-state index contributed by atoms with van der Waals surface area (Å²) in [4.78, 5) is 0. The van der Waals surface area contributed by atoms with Crippen LogP contribution in [0.4, 0.5) is 0 Å². The molecule has 0 saturated carbocycles. The highest BCUT2D eigenvalue weighted by atomic mass is 35.5. The summed E-state index contributed by atoms with van der Waals surface area (Å²) >= 11 is 11.0. The summed E-state index contributed by atoms with van der Waals surface area (Å²) in [5.74, 6) is 1.16. The highest BCUT2D eigenvalue weighted by Crippen LogP contribution is 2.35. The first-order valence-corrected chi connectivity index (χ1v) is 4.81. The van der Waals surface area contributed by atoms with Gasteiger partial charge in [0.15, 0.2) is 17.6 Å². The standard InChI is InChI=1S/C9H8Cl2O3/c10-9(11,12)8-5-13-6-3-1-2-4-7(6)14-8/h1-4,8,12H,5H2. The van der Waals surface area contributed by atoms with Crippen molar-refractivity contribution in [1.29, 1.82) is 0 Å². The van der Waals surface area contributed by atoms with Crippen LogP contribution in [0.5, 0.6) is 11.5 Å². The molecule has 1 aromatic carbocycles. The molecule has 1 heterocycles. The van der Waals surface area contributed by atoms with E-state index < -0.39 is 10.6 Å². The van der Waals surface area contributed by atoms with Crippen LogP contribution in [0.3, 0.4) is 0 Å². The minimum absolute atomic E-state index is 0.126. The second-order valence-electron chi connectivity index (χ2n) is 2.95. The average Bonchev–Trinajstić information content (AvgIpc) is 2.16. The maximum absolute atomic E-state index is 9.29. The Bertz CT molecular complexity index is 335. The zero-order valence-electron chi connectivity index (χ0n) is 7.11. The maximum atomic E-state index is 9.29. The van der Waals surface area contributed by atoms with Gasteiger partial charge >= 0.3 is 0 Å². The van der Waals surface area contributed by atoms with Crippen molar-refractivity contribution in [3.8, 4) is 11.5 Å². The smallest absolute Gasteiger partial charge is 0.256 e. The first-order valence-electron chi connectivity index (χ1n) is 4.06. The van der Waals surface area contributed by atoms with E-state index in [1.165, 1.54) is 0 Å². The molecule has 0 spiro atoms. The highest BCUT2D eigenvalue weighted by Gasteiger charge is 2.38. The Hall–Kier alpha value is -0.640. The van der Waals surface area contributed by atoms with E-state index in [-0.39, 0.29) is 6.61 Å². The summed E-state index contributed by atoms with van der Waals surface area (Å²) in [6.07, 6.45) is -0.777. The molecule has 76 valence electrons. The van der Waals surface area contributed by atoms with E-state index in [9.17, 15) is 5.11 Å². The second kappa shape index (κ2) is 3.50. The Labute approximate surface area is 91.1 Å². The molecule has 3 nitrogen and oxygen atoms in total. The van der Waals surface area contributed by atoms with Crippen molar-refractivity contribution in [2.24, 2.45) is 0 Å². The lowest BCUT2D eigenvalue weighted by Gasteiger charge is -2.30. The van der Waals surface area contributed by atoms with Crippen molar-refractivity contribution < 1.29 is 14.6 Å². The van der Waals surface area contributed by atoms with E-state index in [0.29, 0.717) is 11.5 Å². The fourth-order valence-electron chi connectivity index (χ4n) is 1.19. The summed E-state index contributed by atoms with van der Waals surface area (Å²) in [5.41, 5.74) is 0. The summed E-state index contributed by atoms with van der Waals surface area (Å²) < 4.78 is 8.73. The van der Waals surface area contributed by atoms with Gasteiger partial charge in [0, 0.05) is 0 Å². The fraction of sp³-hybridized carbons (Fsp3) is 0.333. The molecular weight excluding hydrogens is 227 g/mol.